The number of pyridine rings is 1. The van der Waals surface area contributed by atoms with Crippen molar-refractivity contribution in [2.24, 2.45) is 0 Å². The van der Waals surface area contributed by atoms with Gasteiger partial charge < -0.3 is 11.5 Å². The molecule has 0 saturated heterocycles. The fraction of sp³-hybridized carbons (Fsp3) is 0.167. The van der Waals surface area contributed by atoms with Crippen molar-refractivity contribution >= 4 is 11.5 Å². The maximum absolute atomic E-state index is 12.8. The molecule has 1 aromatic heterocycles. The normalized spacial score (nSPS) is 10.7. The predicted molar refractivity (Wildman–Crippen MR) is 38.0 cm³/mol. The number of halogens is 3. The quantitative estimate of drug-likeness (QED) is 0.679. The number of anilines is 2. The molecule has 4 N–H and O–H groups in total. The van der Waals surface area contributed by atoms with E-state index in [1.165, 1.54) is 0 Å². The third-order valence-electron chi connectivity index (χ3n) is 1.33. The second-order valence-corrected chi connectivity index (χ2v) is 2.13. The predicted octanol–water partition coefficient (Wildman–Crippen LogP) is 1.32. The standard InChI is InChI=1S/C6H6F3N3/c7-4-2(10)1-12-6(11)3(4)5(8)9/h1,5H,10H2,(H2,11,12). The third kappa shape index (κ3) is 1.27. The Labute approximate surface area is 66.2 Å². The van der Waals surface area contributed by atoms with Crippen molar-refractivity contribution in [2.45, 2.75) is 6.43 Å². The van der Waals surface area contributed by atoms with Crippen LogP contribution in [0, 0.1) is 5.82 Å². The van der Waals surface area contributed by atoms with Gasteiger partial charge >= 0.3 is 0 Å². The Morgan fingerprint density at radius 1 is 1.33 bits per heavy atom. The van der Waals surface area contributed by atoms with E-state index in [0.29, 0.717) is 0 Å². The molecule has 1 rings (SSSR count). The van der Waals surface area contributed by atoms with E-state index in [1.807, 2.05) is 0 Å². The summed E-state index contributed by atoms with van der Waals surface area (Å²) in [7, 11) is 0. The number of nitrogen functional groups attached to an aromatic ring is 2. The second-order valence-electron chi connectivity index (χ2n) is 2.13. The van der Waals surface area contributed by atoms with Crippen LogP contribution in [0.5, 0.6) is 0 Å². The molecule has 12 heavy (non-hydrogen) atoms. The Kier molecular flexibility index (Phi) is 2.07. The Balaban J connectivity index is 3.33. The van der Waals surface area contributed by atoms with Gasteiger partial charge in [0.25, 0.3) is 6.43 Å². The molecule has 0 atom stereocenters. The highest BCUT2D eigenvalue weighted by molar-refractivity contribution is 5.50. The molecule has 66 valence electrons. The SMILES string of the molecule is Nc1cnc(N)c(C(F)F)c1F. The maximum Gasteiger partial charge on any atom is 0.270 e. The summed E-state index contributed by atoms with van der Waals surface area (Å²) in [6.07, 6.45) is -2.10. The number of alkyl halides is 2. The van der Waals surface area contributed by atoms with Gasteiger partial charge in [-0.15, -0.1) is 0 Å². The van der Waals surface area contributed by atoms with Crippen LogP contribution < -0.4 is 11.5 Å². The zero-order valence-corrected chi connectivity index (χ0v) is 5.89. The van der Waals surface area contributed by atoms with Gasteiger partial charge in [0.2, 0.25) is 0 Å². The van der Waals surface area contributed by atoms with Gasteiger partial charge in [-0.05, 0) is 0 Å². The molecule has 1 aromatic rings. The van der Waals surface area contributed by atoms with E-state index in [4.69, 9.17) is 11.5 Å². The molecule has 6 heteroatoms. The molecule has 0 aromatic carbocycles. The first-order valence-electron chi connectivity index (χ1n) is 3.01. The Bertz CT molecular complexity index is 300. The molecule has 0 fully saturated rings. The van der Waals surface area contributed by atoms with Crippen molar-refractivity contribution in [1.82, 2.24) is 4.98 Å². The third-order valence-corrected chi connectivity index (χ3v) is 1.33. The lowest BCUT2D eigenvalue weighted by molar-refractivity contribution is 0.147. The van der Waals surface area contributed by atoms with Crippen LogP contribution in [0.3, 0.4) is 0 Å². The number of nitrogens with two attached hydrogens (primary N) is 2. The van der Waals surface area contributed by atoms with Gasteiger partial charge in [-0.1, -0.05) is 0 Å². The van der Waals surface area contributed by atoms with Gasteiger partial charge in [-0.2, -0.15) is 0 Å². The van der Waals surface area contributed by atoms with Crippen LogP contribution in [0.1, 0.15) is 12.0 Å². The summed E-state index contributed by atoms with van der Waals surface area (Å²) in [5.74, 6) is -1.73. The highest BCUT2D eigenvalue weighted by Gasteiger charge is 2.19. The molecule has 3 nitrogen and oxygen atoms in total. The molecule has 0 radical (unpaired) electrons. The lowest BCUT2D eigenvalue weighted by Crippen LogP contribution is -2.04. The summed E-state index contributed by atoms with van der Waals surface area (Å²) < 4.78 is 36.9. The van der Waals surface area contributed by atoms with Crippen LogP contribution >= 0.6 is 0 Å². The molecule has 0 spiro atoms. The smallest absolute Gasteiger partial charge is 0.270 e. The zero-order chi connectivity index (χ0) is 9.30. The molecule has 0 bridgehead atoms. The topological polar surface area (TPSA) is 64.9 Å². The van der Waals surface area contributed by atoms with Gasteiger partial charge in [0.15, 0.2) is 5.82 Å². The summed E-state index contributed by atoms with van der Waals surface area (Å²) in [5, 5.41) is 0. The lowest BCUT2D eigenvalue weighted by Gasteiger charge is -2.05. The van der Waals surface area contributed by atoms with Crippen LogP contribution in [0.15, 0.2) is 6.20 Å². The molecule has 0 saturated carbocycles. The highest BCUT2D eigenvalue weighted by Crippen LogP contribution is 2.28. The summed E-state index contributed by atoms with van der Waals surface area (Å²) in [6.45, 7) is 0. The van der Waals surface area contributed by atoms with E-state index in [-0.39, 0.29) is 0 Å². The van der Waals surface area contributed by atoms with E-state index in [2.05, 4.69) is 4.98 Å². The van der Waals surface area contributed by atoms with Crippen LogP contribution in [0.4, 0.5) is 24.7 Å². The van der Waals surface area contributed by atoms with Crippen LogP contribution in [-0.2, 0) is 0 Å². The number of rotatable bonds is 1. The van der Waals surface area contributed by atoms with Crippen LogP contribution in [-0.4, -0.2) is 4.98 Å². The highest BCUT2D eigenvalue weighted by atomic mass is 19.3. The van der Waals surface area contributed by atoms with Gasteiger partial charge in [-0.3, -0.25) is 0 Å². The lowest BCUT2D eigenvalue weighted by atomic mass is 10.2. The second kappa shape index (κ2) is 2.88. The van der Waals surface area contributed by atoms with Crippen molar-refractivity contribution in [3.8, 4) is 0 Å². The van der Waals surface area contributed by atoms with Crippen molar-refractivity contribution < 1.29 is 13.2 Å². The summed E-state index contributed by atoms with van der Waals surface area (Å²) in [6, 6.07) is 0. The molecule has 0 unspecified atom stereocenters. The van der Waals surface area contributed by atoms with E-state index in [0.717, 1.165) is 6.20 Å². The molecule has 0 aliphatic rings. The minimum Gasteiger partial charge on any atom is -0.395 e. The summed E-state index contributed by atoms with van der Waals surface area (Å²) in [5.41, 5.74) is 8.64. The van der Waals surface area contributed by atoms with Gasteiger partial charge in [-0.25, -0.2) is 18.2 Å². The monoisotopic (exact) mass is 177 g/mol. The Hall–Kier alpha value is -1.46. The first kappa shape index (κ1) is 8.63. The Morgan fingerprint density at radius 3 is 2.33 bits per heavy atom. The number of hydrogen-bond acceptors (Lipinski definition) is 3. The Morgan fingerprint density at radius 2 is 1.92 bits per heavy atom. The molecule has 0 aliphatic carbocycles. The minimum absolute atomic E-state index is 0.431. The molecule has 0 amide bonds. The maximum atomic E-state index is 12.8. The van der Waals surface area contributed by atoms with Crippen molar-refractivity contribution in [2.75, 3.05) is 11.5 Å². The minimum atomic E-state index is -3.00. The molecular formula is C6H6F3N3. The fourth-order valence-electron chi connectivity index (χ4n) is 0.741. The van der Waals surface area contributed by atoms with E-state index in [9.17, 15) is 13.2 Å². The zero-order valence-electron chi connectivity index (χ0n) is 5.89. The first-order valence-corrected chi connectivity index (χ1v) is 3.01. The molecule has 0 aliphatic heterocycles. The summed E-state index contributed by atoms with van der Waals surface area (Å²) >= 11 is 0. The fourth-order valence-corrected chi connectivity index (χ4v) is 0.741. The van der Waals surface area contributed by atoms with Crippen molar-refractivity contribution in [3.05, 3.63) is 17.6 Å². The molecule has 1 heterocycles. The first-order chi connectivity index (χ1) is 5.54. The average molecular weight is 177 g/mol. The van der Waals surface area contributed by atoms with Crippen LogP contribution in [0.2, 0.25) is 0 Å². The van der Waals surface area contributed by atoms with E-state index in [1.54, 1.807) is 0 Å². The van der Waals surface area contributed by atoms with Gasteiger partial charge in [0, 0.05) is 0 Å². The van der Waals surface area contributed by atoms with E-state index >= 15 is 0 Å². The van der Waals surface area contributed by atoms with E-state index < -0.39 is 29.3 Å². The molecular weight excluding hydrogens is 171 g/mol. The van der Waals surface area contributed by atoms with Crippen molar-refractivity contribution in [1.29, 1.82) is 0 Å². The van der Waals surface area contributed by atoms with Gasteiger partial charge in [0.05, 0.1) is 17.4 Å². The summed E-state index contributed by atoms with van der Waals surface area (Å²) in [4.78, 5) is 3.29. The largest absolute Gasteiger partial charge is 0.395 e. The van der Waals surface area contributed by atoms with Crippen molar-refractivity contribution in [3.63, 3.8) is 0 Å². The average Bonchev–Trinajstić information content (AvgIpc) is 1.97. The van der Waals surface area contributed by atoms with Crippen LogP contribution in [0.25, 0.3) is 0 Å². The number of aromatic nitrogens is 1. The number of nitrogens with zero attached hydrogens (tertiary/aromatic N) is 1. The van der Waals surface area contributed by atoms with Gasteiger partial charge in [0.1, 0.15) is 5.82 Å². The number of hydrogen-bond donors (Lipinski definition) is 2.